The molecule has 0 aliphatic rings. The Hall–Kier alpha value is -1.41. The van der Waals surface area contributed by atoms with Crippen LogP contribution >= 0.6 is 11.8 Å². The van der Waals surface area contributed by atoms with E-state index < -0.39 is 15.9 Å². The number of ether oxygens (including phenoxy) is 2. The molecule has 6 nitrogen and oxygen atoms in total. The van der Waals surface area contributed by atoms with Gasteiger partial charge in [0.25, 0.3) is 10.0 Å². The van der Waals surface area contributed by atoms with E-state index in [9.17, 15) is 13.2 Å². The molecule has 1 rings (SSSR count). The molecule has 0 aliphatic heterocycles. The Balaban J connectivity index is 2.85. The molecule has 0 bridgehead atoms. The smallest absolute Gasteiger partial charge is 0.264 e. The van der Waals surface area contributed by atoms with Crippen molar-refractivity contribution < 1.29 is 22.7 Å². The summed E-state index contributed by atoms with van der Waals surface area (Å²) >= 11 is 1.39. The highest BCUT2D eigenvalue weighted by molar-refractivity contribution is 8.00. The van der Waals surface area contributed by atoms with E-state index in [1.807, 2.05) is 11.6 Å². The number of carbonyl (C=O) groups is 1. The van der Waals surface area contributed by atoms with Gasteiger partial charge in [-0.2, -0.15) is 11.8 Å². The zero-order valence-electron chi connectivity index (χ0n) is 12.2. The van der Waals surface area contributed by atoms with Gasteiger partial charge in [-0.05, 0) is 24.3 Å². The first-order valence-corrected chi connectivity index (χ1v) is 8.93. The predicted molar refractivity (Wildman–Crippen MR) is 82.5 cm³/mol. The zero-order valence-corrected chi connectivity index (χ0v) is 13.8. The Labute approximate surface area is 129 Å². The Morgan fingerprint density at radius 2 is 1.90 bits per heavy atom. The van der Waals surface area contributed by atoms with Crippen molar-refractivity contribution in [2.75, 3.05) is 25.7 Å². The number of sulfonamides is 1. The highest BCUT2D eigenvalue weighted by Gasteiger charge is 2.19. The van der Waals surface area contributed by atoms with Crippen molar-refractivity contribution in [3.05, 3.63) is 18.2 Å². The van der Waals surface area contributed by atoms with Crippen molar-refractivity contribution in [2.24, 2.45) is 0 Å². The van der Waals surface area contributed by atoms with Gasteiger partial charge in [-0.15, -0.1) is 0 Å². The molecular weight excluding hydrogens is 314 g/mol. The van der Waals surface area contributed by atoms with E-state index in [0.29, 0.717) is 5.75 Å². The standard InChI is InChI=1S/C13H19NO5S2/c1-4-7-20-9-13(15)14-21(16,17)10-5-6-11(18-2)12(8-10)19-3/h5-6,8H,4,7,9H2,1-3H3,(H,14,15). The Kier molecular flexibility index (Phi) is 6.83. The summed E-state index contributed by atoms with van der Waals surface area (Å²) in [6.45, 7) is 1.99. The maximum absolute atomic E-state index is 12.1. The molecular formula is C13H19NO5S2. The number of nitrogens with one attached hydrogen (secondary N) is 1. The Bertz CT molecular complexity index is 586. The van der Waals surface area contributed by atoms with Crippen LogP contribution < -0.4 is 14.2 Å². The summed E-state index contributed by atoms with van der Waals surface area (Å²) in [5.74, 6) is 1.09. The highest BCUT2D eigenvalue weighted by Crippen LogP contribution is 2.29. The van der Waals surface area contributed by atoms with E-state index in [-0.39, 0.29) is 16.4 Å². The van der Waals surface area contributed by atoms with Gasteiger partial charge in [0, 0.05) is 6.07 Å². The second kappa shape index (κ2) is 8.14. The van der Waals surface area contributed by atoms with Gasteiger partial charge in [0.2, 0.25) is 5.91 Å². The van der Waals surface area contributed by atoms with Crippen molar-refractivity contribution >= 4 is 27.7 Å². The number of thioether (sulfide) groups is 1. The number of benzene rings is 1. The number of amides is 1. The monoisotopic (exact) mass is 333 g/mol. The van der Waals surface area contributed by atoms with Crippen LogP contribution in [0.2, 0.25) is 0 Å². The first kappa shape index (κ1) is 17.6. The van der Waals surface area contributed by atoms with E-state index in [1.54, 1.807) is 0 Å². The van der Waals surface area contributed by atoms with Crippen LogP contribution in [-0.2, 0) is 14.8 Å². The van der Waals surface area contributed by atoms with Crippen molar-refractivity contribution in [2.45, 2.75) is 18.2 Å². The van der Waals surface area contributed by atoms with Crippen LogP contribution in [0.5, 0.6) is 11.5 Å². The molecule has 0 atom stereocenters. The van der Waals surface area contributed by atoms with Crippen molar-refractivity contribution in [1.82, 2.24) is 4.72 Å². The summed E-state index contributed by atoms with van der Waals surface area (Å²) in [5.41, 5.74) is 0. The average Bonchev–Trinajstić information content (AvgIpc) is 2.46. The van der Waals surface area contributed by atoms with E-state index >= 15 is 0 Å². The number of rotatable bonds is 8. The van der Waals surface area contributed by atoms with Crippen molar-refractivity contribution in [1.29, 1.82) is 0 Å². The number of hydrogen-bond acceptors (Lipinski definition) is 6. The van der Waals surface area contributed by atoms with Crippen LogP contribution in [0.4, 0.5) is 0 Å². The maximum atomic E-state index is 12.1. The van der Waals surface area contributed by atoms with E-state index in [4.69, 9.17) is 9.47 Å². The minimum Gasteiger partial charge on any atom is -0.493 e. The molecule has 118 valence electrons. The molecule has 0 aliphatic carbocycles. The van der Waals surface area contributed by atoms with Crippen molar-refractivity contribution in [3.8, 4) is 11.5 Å². The van der Waals surface area contributed by atoms with Crippen LogP contribution in [0.1, 0.15) is 13.3 Å². The van der Waals surface area contributed by atoms with E-state index in [1.165, 1.54) is 44.2 Å². The zero-order chi connectivity index (χ0) is 15.9. The molecule has 1 aromatic carbocycles. The van der Waals surface area contributed by atoms with Crippen LogP contribution in [0, 0.1) is 0 Å². The summed E-state index contributed by atoms with van der Waals surface area (Å²) in [6, 6.07) is 4.15. The molecule has 0 radical (unpaired) electrons. The summed E-state index contributed by atoms with van der Waals surface area (Å²) in [7, 11) is -1.03. The van der Waals surface area contributed by atoms with Crippen LogP contribution in [0.25, 0.3) is 0 Å². The fourth-order valence-corrected chi connectivity index (χ4v) is 3.31. The molecule has 8 heteroatoms. The first-order valence-electron chi connectivity index (χ1n) is 6.30. The van der Waals surface area contributed by atoms with Crippen LogP contribution in [0.15, 0.2) is 23.1 Å². The molecule has 21 heavy (non-hydrogen) atoms. The predicted octanol–water partition coefficient (Wildman–Crippen LogP) is 1.65. The average molecular weight is 333 g/mol. The van der Waals surface area contributed by atoms with Gasteiger partial charge in [0.05, 0.1) is 24.9 Å². The molecule has 1 amide bonds. The third kappa shape index (κ3) is 5.13. The fraction of sp³-hybridized carbons (Fsp3) is 0.462. The van der Waals surface area contributed by atoms with Gasteiger partial charge < -0.3 is 9.47 Å². The molecule has 0 unspecified atom stereocenters. The summed E-state index contributed by atoms with van der Waals surface area (Å²) < 4.78 is 36.3. The third-order valence-electron chi connectivity index (χ3n) is 2.50. The number of methoxy groups -OCH3 is 2. The molecule has 0 aromatic heterocycles. The Morgan fingerprint density at radius 3 is 2.48 bits per heavy atom. The quantitative estimate of drug-likeness (QED) is 0.729. The van der Waals surface area contributed by atoms with Gasteiger partial charge >= 0.3 is 0 Å². The summed E-state index contributed by atoms with van der Waals surface area (Å²) in [4.78, 5) is 11.6. The van der Waals surface area contributed by atoms with Gasteiger partial charge in [-0.25, -0.2) is 13.1 Å². The lowest BCUT2D eigenvalue weighted by Crippen LogP contribution is -2.32. The van der Waals surface area contributed by atoms with Crippen LogP contribution in [0.3, 0.4) is 0 Å². The number of carbonyl (C=O) groups excluding carboxylic acids is 1. The molecule has 0 spiro atoms. The van der Waals surface area contributed by atoms with Crippen LogP contribution in [-0.4, -0.2) is 40.1 Å². The normalized spacial score (nSPS) is 11.0. The highest BCUT2D eigenvalue weighted by atomic mass is 32.2. The minimum absolute atomic E-state index is 0.0472. The fourth-order valence-electron chi connectivity index (χ4n) is 1.53. The minimum atomic E-state index is -3.90. The van der Waals surface area contributed by atoms with Crippen molar-refractivity contribution in [3.63, 3.8) is 0 Å². The van der Waals surface area contributed by atoms with Gasteiger partial charge in [-0.1, -0.05) is 6.92 Å². The molecule has 0 fully saturated rings. The van der Waals surface area contributed by atoms with E-state index in [2.05, 4.69) is 0 Å². The second-order valence-corrected chi connectivity index (χ2v) is 6.89. The van der Waals surface area contributed by atoms with Gasteiger partial charge in [0.1, 0.15) is 0 Å². The summed E-state index contributed by atoms with van der Waals surface area (Å²) in [6.07, 6.45) is 0.931. The second-order valence-electron chi connectivity index (χ2n) is 4.10. The lowest BCUT2D eigenvalue weighted by atomic mass is 10.3. The van der Waals surface area contributed by atoms with Gasteiger partial charge in [0.15, 0.2) is 11.5 Å². The lowest BCUT2D eigenvalue weighted by molar-refractivity contribution is -0.116. The van der Waals surface area contributed by atoms with E-state index in [0.717, 1.165) is 12.2 Å². The first-order chi connectivity index (χ1) is 9.94. The molecule has 0 saturated heterocycles. The summed E-state index contributed by atoms with van der Waals surface area (Å²) in [5, 5.41) is 0. The maximum Gasteiger partial charge on any atom is 0.264 e. The third-order valence-corrected chi connectivity index (χ3v) is 5.03. The molecule has 0 saturated carbocycles. The number of hydrogen-bond donors (Lipinski definition) is 1. The molecule has 1 N–H and O–H groups in total. The molecule has 1 aromatic rings. The van der Waals surface area contributed by atoms with Gasteiger partial charge in [-0.3, -0.25) is 4.79 Å². The lowest BCUT2D eigenvalue weighted by Gasteiger charge is -2.11. The topological polar surface area (TPSA) is 81.7 Å². The largest absolute Gasteiger partial charge is 0.493 e. The molecule has 0 heterocycles. The Morgan fingerprint density at radius 1 is 1.24 bits per heavy atom. The SMILES string of the molecule is CCCSCC(=O)NS(=O)(=O)c1ccc(OC)c(OC)c1.